The average molecular weight is 316 g/mol. The van der Waals surface area contributed by atoms with Gasteiger partial charge in [-0.3, -0.25) is 14.9 Å². The van der Waals surface area contributed by atoms with Crippen molar-refractivity contribution in [3.8, 4) is 0 Å². The molecule has 0 heterocycles. The van der Waals surface area contributed by atoms with Crippen LogP contribution in [0.4, 0.5) is 11.4 Å². The first-order valence-electron chi connectivity index (χ1n) is 6.79. The van der Waals surface area contributed by atoms with Crippen LogP contribution in [0.25, 0.3) is 0 Å². The van der Waals surface area contributed by atoms with E-state index in [0.717, 1.165) is 25.7 Å². The molecule has 0 saturated heterocycles. The first kappa shape index (κ1) is 19.3. The number of aryl methyl sites for hydroxylation is 1. The van der Waals surface area contributed by atoms with Gasteiger partial charge in [0.1, 0.15) is 0 Å². The summed E-state index contributed by atoms with van der Waals surface area (Å²) in [5, 5.41) is 13.5. The first-order valence-corrected chi connectivity index (χ1v) is 6.79. The van der Waals surface area contributed by atoms with E-state index >= 15 is 0 Å². The zero-order valence-corrected chi connectivity index (χ0v) is 12.9. The highest BCUT2D eigenvalue weighted by Crippen LogP contribution is 2.22. The fourth-order valence-corrected chi connectivity index (χ4v) is 1.89. The summed E-state index contributed by atoms with van der Waals surface area (Å²) in [6.07, 6.45) is 4.20. The second-order valence-corrected chi connectivity index (χ2v) is 4.76. The summed E-state index contributed by atoms with van der Waals surface area (Å²) in [6.45, 7) is 2.35. The van der Waals surface area contributed by atoms with Gasteiger partial charge in [-0.05, 0) is 32.4 Å². The van der Waals surface area contributed by atoms with Crippen LogP contribution in [0.3, 0.4) is 0 Å². The molecule has 0 saturated carbocycles. The number of nitrogens with two attached hydrogens (primary N) is 1. The Bertz CT molecular complexity index is 481. The van der Waals surface area contributed by atoms with Crippen molar-refractivity contribution < 1.29 is 9.72 Å². The number of hydrogen-bond donors (Lipinski definition) is 2. The number of amides is 1. The number of nitrogens with one attached hydrogen (secondary N) is 1. The summed E-state index contributed by atoms with van der Waals surface area (Å²) in [5.41, 5.74) is 6.45. The number of halogens is 1. The zero-order chi connectivity index (χ0) is 15.0. The predicted octanol–water partition coefficient (Wildman–Crippen LogP) is 3.17. The minimum absolute atomic E-state index is 0. The minimum atomic E-state index is -0.447. The lowest BCUT2D eigenvalue weighted by Crippen LogP contribution is -2.11. The summed E-state index contributed by atoms with van der Waals surface area (Å²) in [6, 6.07) is 4.70. The summed E-state index contributed by atoms with van der Waals surface area (Å²) in [5.74, 6) is -0.115. The molecule has 0 aliphatic heterocycles. The van der Waals surface area contributed by atoms with Crippen LogP contribution in [0.2, 0.25) is 0 Å². The molecule has 0 spiro atoms. The zero-order valence-electron chi connectivity index (χ0n) is 12.1. The summed E-state index contributed by atoms with van der Waals surface area (Å²) in [7, 11) is 0. The number of unbranched alkanes of at least 4 members (excludes halogenated alkanes) is 3. The van der Waals surface area contributed by atoms with E-state index in [2.05, 4.69) is 5.32 Å². The third-order valence-corrected chi connectivity index (χ3v) is 3.05. The van der Waals surface area contributed by atoms with Crippen LogP contribution in [0.5, 0.6) is 0 Å². The maximum Gasteiger partial charge on any atom is 0.274 e. The number of nitro groups is 1. The Morgan fingerprint density at radius 3 is 2.57 bits per heavy atom. The molecule has 21 heavy (non-hydrogen) atoms. The van der Waals surface area contributed by atoms with Crippen LogP contribution in [0.1, 0.15) is 37.7 Å². The van der Waals surface area contributed by atoms with E-state index in [1.165, 1.54) is 6.07 Å². The molecule has 0 aromatic heterocycles. The van der Waals surface area contributed by atoms with Gasteiger partial charge in [-0.25, -0.2) is 0 Å². The third-order valence-electron chi connectivity index (χ3n) is 3.05. The van der Waals surface area contributed by atoms with Gasteiger partial charge in [0.25, 0.3) is 5.69 Å². The van der Waals surface area contributed by atoms with Gasteiger partial charge >= 0.3 is 0 Å². The van der Waals surface area contributed by atoms with E-state index < -0.39 is 4.92 Å². The molecular formula is C14H22ClN3O3. The van der Waals surface area contributed by atoms with E-state index in [1.807, 2.05) is 0 Å². The van der Waals surface area contributed by atoms with Crippen molar-refractivity contribution in [3.63, 3.8) is 0 Å². The molecule has 0 aliphatic carbocycles. The van der Waals surface area contributed by atoms with Crippen LogP contribution in [0, 0.1) is 17.0 Å². The molecule has 6 nitrogen and oxygen atoms in total. The van der Waals surface area contributed by atoms with Crippen LogP contribution in [-0.2, 0) is 4.79 Å². The summed E-state index contributed by atoms with van der Waals surface area (Å²) in [4.78, 5) is 22.1. The van der Waals surface area contributed by atoms with Gasteiger partial charge in [-0.15, -0.1) is 12.4 Å². The first-order chi connectivity index (χ1) is 9.54. The van der Waals surface area contributed by atoms with Crippen LogP contribution >= 0.6 is 12.4 Å². The van der Waals surface area contributed by atoms with Crippen LogP contribution in [-0.4, -0.2) is 17.4 Å². The molecule has 0 atom stereocenters. The standard InChI is InChI=1S/C14H21N3O3.ClH/c1-11-7-8-12(10-13(11)17(19)20)16-14(18)6-4-2-3-5-9-15;/h7-8,10H,2-6,9,15H2,1H3,(H,16,18);1H. The highest BCUT2D eigenvalue weighted by Gasteiger charge is 2.12. The van der Waals surface area contributed by atoms with E-state index in [9.17, 15) is 14.9 Å². The van der Waals surface area contributed by atoms with Crippen molar-refractivity contribution in [3.05, 3.63) is 33.9 Å². The number of benzene rings is 1. The lowest BCUT2D eigenvalue weighted by Gasteiger charge is -2.06. The third kappa shape index (κ3) is 7.06. The molecule has 1 amide bonds. The molecule has 0 fully saturated rings. The second-order valence-electron chi connectivity index (χ2n) is 4.76. The molecule has 0 radical (unpaired) electrons. The van der Waals surface area contributed by atoms with Crippen molar-refractivity contribution in [2.24, 2.45) is 5.73 Å². The SMILES string of the molecule is Cc1ccc(NC(=O)CCCCCCN)cc1[N+](=O)[O-].Cl. The molecule has 118 valence electrons. The van der Waals surface area contributed by atoms with Crippen LogP contribution in [0.15, 0.2) is 18.2 Å². The molecule has 3 N–H and O–H groups in total. The maximum absolute atomic E-state index is 11.7. The number of rotatable bonds is 8. The number of anilines is 1. The molecule has 1 rings (SSSR count). The highest BCUT2D eigenvalue weighted by atomic mass is 35.5. The van der Waals surface area contributed by atoms with Gasteiger partial charge in [-0.2, -0.15) is 0 Å². The Morgan fingerprint density at radius 2 is 1.95 bits per heavy atom. The number of carbonyl (C=O) groups is 1. The van der Waals surface area contributed by atoms with E-state index in [-0.39, 0.29) is 24.0 Å². The highest BCUT2D eigenvalue weighted by molar-refractivity contribution is 5.91. The van der Waals surface area contributed by atoms with Crippen molar-refractivity contribution in [1.82, 2.24) is 0 Å². The van der Waals surface area contributed by atoms with Crippen molar-refractivity contribution in [1.29, 1.82) is 0 Å². The monoisotopic (exact) mass is 315 g/mol. The van der Waals surface area contributed by atoms with Gasteiger partial charge in [0, 0.05) is 23.7 Å². The predicted molar refractivity (Wildman–Crippen MR) is 85.9 cm³/mol. The quantitative estimate of drug-likeness (QED) is 0.437. The van der Waals surface area contributed by atoms with E-state index in [0.29, 0.717) is 24.2 Å². The average Bonchev–Trinajstić information content (AvgIpc) is 2.40. The lowest BCUT2D eigenvalue weighted by atomic mass is 10.1. The van der Waals surface area contributed by atoms with Crippen molar-refractivity contribution in [2.75, 3.05) is 11.9 Å². The van der Waals surface area contributed by atoms with Gasteiger partial charge in [0.15, 0.2) is 0 Å². The van der Waals surface area contributed by atoms with Gasteiger partial charge in [0.05, 0.1) is 4.92 Å². The van der Waals surface area contributed by atoms with E-state index in [1.54, 1.807) is 19.1 Å². The topological polar surface area (TPSA) is 98.3 Å². The molecule has 7 heteroatoms. The minimum Gasteiger partial charge on any atom is -0.330 e. The van der Waals surface area contributed by atoms with Gasteiger partial charge in [0.2, 0.25) is 5.91 Å². The fourth-order valence-electron chi connectivity index (χ4n) is 1.89. The molecule has 0 aliphatic rings. The Hall–Kier alpha value is -1.66. The van der Waals surface area contributed by atoms with Crippen LogP contribution < -0.4 is 11.1 Å². The smallest absolute Gasteiger partial charge is 0.274 e. The normalized spacial score (nSPS) is 9.81. The molecule has 1 aromatic carbocycles. The number of nitrogens with zero attached hydrogens (tertiary/aromatic N) is 1. The molecule has 1 aromatic rings. The van der Waals surface area contributed by atoms with Gasteiger partial charge < -0.3 is 11.1 Å². The van der Waals surface area contributed by atoms with Crippen molar-refractivity contribution >= 4 is 29.7 Å². The Kier molecular flexibility index (Phi) is 9.32. The largest absolute Gasteiger partial charge is 0.330 e. The van der Waals surface area contributed by atoms with Gasteiger partial charge in [-0.1, -0.05) is 18.9 Å². The fraction of sp³-hybridized carbons (Fsp3) is 0.500. The summed E-state index contributed by atoms with van der Waals surface area (Å²) < 4.78 is 0. The number of nitro benzene ring substituents is 1. The van der Waals surface area contributed by atoms with E-state index in [4.69, 9.17) is 5.73 Å². The number of carbonyl (C=O) groups excluding carboxylic acids is 1. The summed E-state index contributed by atoms with van der Waals surface area (Å²) >= 11 is 0. The molecular weight excluding hydrogens is 294 g/mol. The Morgan fingerprint density at radius 1 is 1.29 bits per heavy atom. The maximum atomic E-state index is 11.7. The lowest BCUT2D eigenvalue weighted by molar-refractivity contribution is -0.385. The second kappa shape index (κ2) is 10.1. The Balaban J connectivity index is 0.00000400. The molecule has 0 unspecified atom stereocenters. The molecule has 0 bridgehead atoms. The number of hydrogen-bond acceptors (Lipinski definition) is 4. The Labute approximate surface area is 130 Å². The van der Waals surface area contributed by atoms with Crippen molar-refractivity contribution in [2.45, 2.75) is 39.0 Å².